The van der Waals surface area contributed by atoms with Crippen molar-refractivity contribution in [2.45, 2.75) is 51.2 Å². The number of ether oxygens (including phenoxy) is 1. The predicted octanol–water partition coefficient (Wildman–Crippen LogP) is 3.17. The zero-order chi connectivity index (χ0) is 21.7. The van der Waals surface area contributed by atoms with Crippen molar-refractivity contribution in [3.8, 4) is 11.3 Å². The maximum Gasteiger partial charge on any atom is 0.247 e. The third-order valence-corrected chi connectivity index (χ3v) is 6.25. The molecule has 3 N–H and O–H groups in total. The van der Waals surface area contributed by atoms with E-state index in [1.807, 2.05) is 25.7 Å². The minimum Gasteiger partial charge on any atom is -0.382 e. The van der Waals surface area contributed by atoms with E-state index in [0.29, 0.717) is 46.9 Å². The number of aliphatic hydroxyl groups is 1. The highest BCUT2D eigenvalue weighted by Gasteiger charge is 2.53. The average molecular weight is 453 g/mol. The minimum absolute atomic E-state index is 0.135. The van der Waals surface area contributed by atoms with Gasteiger partial charge in [0.25, 0.3) is 0 Å². The molecule has 1 aliphatic heterocycles. The Hall–Kier alpha value is -1.71. The first-order valence-corrected chi connectivity index (χ1v) is 10.7. The third-order valence-electron chi connectivity index (χ3n) is 5.43. The molecule has 2 fully saturated rings. The summed E-state index contributed by atoms with van der Waals surface area (Å²) in [6.45, 7) is 7.70. The van der Waals surface area contributed by atoms with Gasteiger partial charge in [-0.2, -0.15) is 4.98 Å². The second-order valence-corrected chi connectivity index (χ2v) is 9.64. The van der Waals surface area contributed by atoms with Gasteiger partial charge < -0.3 is 20.5 Å². The molecule has 1 saturated heterocycles. The van der Waals surface area contributed by atoms with Gasteiger partial charge in [-0.05, 0) is 39.7 Å². The van der Waals surface area contributed by atoms with Gasteiger partial charge in [0.1, 0.15) is 5.69 Å². The summed E-state index contributed by atoms with van der Waals surface area (Å²) in [5.41, 5.74) is 6.67. The number of piperazine rings is 1. The zero-order valence-electron chi connectivity index (χ0n) is 17.3. The lowest BCUT2D eigenvalue weighted by Gasteiger charge is -2.44. The summed E-state index contributed by atoms with van der Waals surface area (Å²) < 4.78 is 5.72. The number of hydrogen-bond donors (Lipinski definition) is 2. The van der Waals surface area contributed by atoms with Crippen LogP contribution >= 0.6 is 23.2 Å². The molecule has 1 aromatic heterocycles. The van der Waals surface area contributed by atoms with Crippen LogP contribution in [0.15, 0.2) is 18.2 Å². The van der Waals surface area contributed by atoms with Crippen LogP contribution in [-0.2, 0) is 4.74 Å². The molecule has 2 aromatic rings. The van der Waals surface area contributed by atoms with Gasteiger partial charge in [-0.25, -0.2) is 0 Å². The Morgan fingerprint density at radius 3 is 2.57 bits per heavy atom. The van der Waals surface area contributed by atoms with Crippen molar-refractivity contribution in [3.63, 3.8) is 0 Å². The zero-order valence-corrected chi connectivity index (χ0v) is 18.8. The highest BCUT2D eigenvalue weighted by Crippen LogP contribution is 2.46. The van der Waals surface area contributed by atoms with Crippen LogP contribution in [0.3, 0.4) is 0 Å². The number of hydrogen-bond acceptors (Lipinski definition) is 8. The molecule has 162 valence electrons. The van der Waals surface area contributed by atoms with Crippen LogP contribution in [0.1, 0.15) is 33.6 Å². The van der Waals surface area contributed by atoms with E-state index in [1.165, 1.54) is 0 Å². The largest absolute Gasteiger partial charge is 0.382 e. The monoisotopic (exact) mass is 452 g/mol. The van der Waals surface area contributed by atoms with E-state index >= 15 is 0 Å². The molecule has 1 spiro atoms. The van der Waals surface area contributed by atoms with Crippen LogP contribution in [0.25, 0.3) is 11.3 Å². The number of nitrogen functional groups attached to an aromatic ring is 1. The van der Waals surface area contributed by atoms with E-state index in [1.54, 1.807) is 18.2 Å². The number of halogens is 2. The van der Waals surface area contributed by atoms with Gasteiger partial charge in [0.05, 0.1) is 21.2 Å². The number of benzene rings is 1. The number of nitrogens with zero attached hydrogens (tertiary/aromatic N) is 5. The first kappa shape index (κ1) is 21.5. The molecule has 1 aromatic carbocycles. The molecule has 0 radical (unpaired) electrons. The molecule has 2 heterocycles. The smallest absolute Gasteiger partial charge is 0.247 e. The van der Waals surface area contributed by atoms with E-state index in [-0.39, 0.29) is 11.4 Å². The van der Waals surface area contributed by atoms with Gasteiger partial charge in [0.2, 0.25) is 12.4 Å². The van der Waals surface area contributed by atoms with Gasteiger partial charge in [0.15, 0.2) is 5.82 Å². The van der Waals surface area contributed by atoms with E-state index in [2.05, 4.69) is 20.1 Å². The summed E-state index contributed by atoms with van der Waals surface area (Å²) in [5, 5.41) is 19.9. The molecule has 2 aliphatic rings. The summed E-state index contributed by atoms with van der Waals surface area (Å²) in [6.07, 6.45) is 1.02. The number of rotatable bonds is 4. The molecule has 30 heavy (non-hydrogen) atoms. The maximum absolute atomic E-state index is 10.5. The van der Waals surface area contributed by atoms with Crippen LogP contribution in [0.5, 0.6) is 0 Å². The topological polar surface area (TPSA) is 101 Å². The third kappa shape index (κ3) is 4.20. The Morgan fingerprint density at radius 2 is 1.93 bits per heavy atom. The normalized spacial score (nSPS) is 19.9. The van der Waals surface area contributed by atoms with Crippen molar-refractivity contribution < 1.29 is 9.84 Å². The molecule has 8 nitrogen and oxygen atoms in total. The highest BCUT2D eigenvalue weighted by atomic mass is 35.5. The lowest BCUT2D eigenvalue weighted by molar-refractivity contribution is -0.242. The number of aliphatic hydroxyl groups excluding tert-OH is 1. The first-order chi connectivity index (χ1) is 14.1. The highest BCUT2D eigenvalue weighted by molar-refractivity contribution is 6.43. The van der Waals surface area contributed by atoms with Crippen LogP contribution in [-0.4, -0.2) is 62.4 Å². The Balaban J connectivity index is 1.54. The molecule has 1 unspecified atom stereocenters. The standard InChI is InChI=1S/C20H26Cl2N6O2/c1-19(2,3)30-18(29)27-9-10-28(20(11-27)7-8-20)17-24-16(23)15(25-26-17)12-5-4-6-13(21)14(12)22/h4-6,18,29H,7-11H2,1-3H3,(H2,23,24,26). The van der Waals surface area contributed by atoms with Crippen molar-refractivity contribution in [3.05, 3.63) is 28.2 Å². The average Bonchev–Trinajstić information content (AvgIpc) is 3.42. The minimum atomic E-state index is -0.943. The van der Waals surface area contributed by atoms with Crippen molar-refractivity contribution in [2.24, 2.45) is 0 Å². The molecule has 10 heteroatoms. The van der Waals surface area contributed by atoms with Gasteiger partial charge in [-0.15, -0.1) is 10.2 Å². The van der Waals surface area contributed by atoms with Crippen LogP contribution in [0, 0.1) is 0 Å². The molecular weight excluding hydrogens is 427 g/mol. The van der Waals surface area contributed by atoms with E-state index in [9.17, 15) is 5.11 Å². The van der Waals surface area contributed by atoms with Gasteiger partial charge in [0, 0.05) is 25.2 Å². The van der Waals surface area contributed by atoms with Gasteiger partial charge in [-0.3, -0.25) is 4.90 Å². The van der Waals surface area contributed by atoms with E-state index < -0.39 is 12.0 Å². The summed E-state index contributed by atoms with van der Waals surface area (Å²) in [7, 11) is 0. The van der Waals surface area contributed by atoms with Crippen LogP contribution in [0.2, 0.25) is 10.0 Å². The summed E-state index contributed by atoms with van der Waals surface area (Å²) >= 11 is 12.4. The quantitative estimate of drug-likeness (QED) is 0.681. The second-order valence-electron chi connectivity index (χ2n) is 8.85. The summed E-state index contributed by atoms with van der Waals surface area (Å²) in [6, 6.07) is 5.27. The molecule has 0 bridgehead atoms. The fourth-order valence-electron chi connectivity index (χ4n) is 3.79. The lowest BCUT2D eigenvalue weighted by atomic mass is 10.1. The molecule has 0 amide bonds. The van der Waals surface area contributed by atoms with Crippen molar-refractivity contribution in [2.75, 3.05) is 30.3 Å². The summed E-state index contributed by atoms with van der Waals surface area (Å²) in [4.78, 5) is 8.61. The van der Waals surface area contributed by atoms with E-state index in [4.69, 9.17) is 33.7 Å². The SMILES string of the molecule is CC(C)(C)OC(O)N1CCN(c2nnc(-c3cccc(Cl)c3Cl)c(N)n2)C2(CC2)C1. The fraction of sp³-hybridized carbons (Fsp3) is 0.550. The number of anilines is 2. The molecule has 1 saturated carbocycles. The lowest BCUT2D eigenvalue weighted by Crippen LogP contribution is -2.59. The summed E-state index contributed by atoms with van der Waals surface area (Å²) in [5.74, 6) is 0.733. The first-order valence-electron chi connectivity index (χ1n) is 9.92. The van der Waals surface area contributed by atoms with Crippen molar-refractivity contribution >= 4 is 35.0 Å². The Labute approximate surface area is 185 Å². The number of nitrogens with two attached hydrogens (primary N) is 1. The van der Waals surface area contributed by atoms with Gasteiger partial charge in [-0.1, -0.05) is 35.3 Å². The number of aromatic nitrogens is 3. The van der Waals surface area contributed by atoms with Gasteiger partial charge >= 0.3 is 0 Å². The second kappa shape index (κ2) is 7.76. The molecule has 4 rings (SSSR count). The van der Waals surface area contributed by atoms with E-state index in [0.717, 1.165) is 12.8 Å². The fourth-order valence-corrected chi connectivity index (χ4v) is 4.18. The molecule has 1 atom stereocenters. The van der Waals surface area contributed by atoms with Crippen molar-refractivity contribution in [1.29, 1.82) is 0 Å². The Morgan fingerprint density at radius 1 is 1.20 bits per heavy atom. The van der Waals surface area contributed by atoms with Crippen LogP contribution in [0.4, 0.5) is 11.8 Å². The molecule has 1 aliphatic carbocycles. The Kier molecular flexibility index (Phi) is 5.57. The Bertz CT molecular complexity index is 947. The maximum atomic E-state index is 10.5. The van der Waals surface area contributed by atoms with Crippen molar-refractivity contribution in [1.82, 2.24) is 20.1 Å². The molecular formula is C20H26Cl2N6O2. The predicted molar refractivity (Wildman–Crippen MR) is 117 cm³/mol. The van der Waals surface area contributed by atoms with Crippen LogP contribution < -0.4 is 10.6 Å².